The van der Waals surface area contributed by atoms with Crippen LogP contribution >= 0.6 is 22.5 Å². The van der Waals surface area contributed by atoms with Gasteiger partial charge >= 0.3 is 0 Å². The quantitative estimate of drug-likeness (QED) is 0.324. The van der Waals surface area contributed by atoms with Crippen molar-refractivity contribution in [1.82, 2.24) is 0 Å². The van der Waals surface area contributed by atoms with Crippen LogP contribution in [-0.4, -0.2) is 5.78 Å². The second-order valence-electron chi connectivity index (χ2n) is 6.04. The predicted octanol–water partition coefficient (Wildman–Crippen LogP) is 6.09. The predicted molar refractivity (Wildman–Crippen MR) is 111 cm³/mol. The molecule has 0 aliphatic carbocycles. The molecule has 3 aromatic rings. The van der Waals surface area contributed by atoms with Gasteiger partial charge in [0.15, 0.2) is 5.78 Å². The SMILES string of the molecule is Cc1ccccc1CC(SS)c1ccc(C(=O)c2ccccc2)cc1. The Morgan fingerprint density at radius 3 is 2.12 bits per heavy atom. The Morgan fingerprint density at radius 2 is 1.48 bits per heavy atom. The number of hydrogen-bond acceptors (Lipinski definition) is 3. The van der Waals surface area contributed by atoms with Gasteiger partial charge in [-0.3, -0.25) is 4.79 Å². The summed E-state index contributed by atoms with van der Waals surface area (Å²) < 4.78 is 0. The first-order valence-corrected chi connectivity index (χ1v) is 10.2. The lowest BCUT2D eigenvalue weighted by molar-refractivity contribution is 0.103. The van der Waals surface area contributed by atoms with Gasteiger partial charge in [0.2, 0.25) is 0 Å². The van der Waals surface area contributed by atoms with E-state index in [2.05, 4.69) is 42.9 Å². The maximum Gasteiger partial charge on any atom is 0.193 e. The molecule has 25 heavy (non-hydrogen) atoms. The fraction of sp³-hybridized carbons (Fsp3) is 0.136. The molecule has 0 amide bonds. The van der Waals surface area contributed by atoms with Crippen molar-refractivity contribution in [2.24, 2.45) is 0 Å². The molecule has 3 aromatic carbocycles. The lowest BCUT2D eigenvalue weighted by Crippen LogP contribution is -2.03. The Bertz CT molecular complexity index is 841. The third-order valence-corrected chi connectivity index (χ3v) is 5.83. The molecule has 0 saturated heterocycles. The van der Waals surface area contributed by atoms with Crippen LogP contribution in [0.3, 0.4) is 0 Å². The van der Waals surface area contributed by atoms with Gasteiger partial charge in [-0.15, -0.1) is 11.7 Å². The van der Waals surface area contributed by atoms with Crippen molar-refractivity contribution in [1.29, 1.82) is 0 Å². The van der Waals surface area contributed by atoms with E-state index in [0.717, 1.165) is 12.0 Å². The molecule has 0 bridgehead atoms. The van der Waals surface area contributed by atoms with Crippen LogP contribution < -0.4 is 0 Å². The van der Waals surface area contributed by atoms with Gasteiger partial charge in [0.25, 0.3) is 0 Å². The molecular formula is C22H20OS2. The van der Waals surface area contributed by atoms with Crippen LogP contribution in [0.1, 0.15) is 37.9 Å². The van der Waals surface area contributed by atoms with E-state index in [4.69, 9.17) is 0 Å². The van der Waals surface area contributed by atoms with Crippen molar-refractivity contribution in [2.45, 2.75) is 18.6 Å². The van der Waals surface area contributed by atoms with Gasteiger partial charge in [0.05, 0.1) is 0 Å². The van der Waals surface area contributed by atoms with E-state index in [9.17, 15) is 4.79 Å². The summed E-state index contributed by atoms with van der Waals surface area (Å²) in [7, 11) is 1.55. The summed E-state index contributed by atoms with van der Waals surface area (Å²) in [6, 6.07) is 25.7. The number of aryl methyl sites for hydroxylation is 1. The first kappa shape index (κ1) is 17.8. The van der Waals surface area contributed by atoms with Crippen molar-refractivity contribution in [3.8, 4) is 0 Å². The molecule has 0 aliphatic heterocycles. The van der Waals surface area contributed by atoms with E-state index < -0.39 is 0 Å². The molecule has 3 rings (SSSR count). The van der Waals surface area contributed by atoms with Crippen molar-refractivity contribution in [3.05, 3.63) is 107 Å². The highest BCUT2D eigenvalue weighted by atomic mass is 33.1. The molecule has 0 N–H and O–H groups in total. The third-order valence-electron chi connectivity index (χ3n) is 4.37. The van der Waals surface area contributed by atoms with E-state index in [-0.39, 0.29) is 11.0 Å². The lowest BCUT2D eigenvalue weighted by atomic mass is 9.97. The Balaban J connectivity index is 1.78. The number of hydrogen-bond donors (Lipinski definition) is 1. The fourth-order valence-electron chi connectivity index (χ4n) is 2.86. The van der Waals surface area contributed by atoms with Crippen molar-refractivity contribution >= 4 is 28.2 Å². The molecule has 0 fully saturated rings. The highest BCUT2D eigenvalue weighted by Crippen LogP contribution is 2.35. The summed E-state index contributed by atoms with van der Waals surface area (Å²) in [5.41, 5.74) is 5.25. The van der Waals surface area contributed by atoms with Crippen molar-refractivity contribution < 1.29 is 4.79 Å². The van der Waals surface area contributed by atoms with E-state index in [1.54, 1.807) is 10.8 Å². The molecule has 0 spiro atoms. The lowest BCUT2D eigenvalue weighted by Gasteiger charge is -2.16. The summed E-state index contributed by atoms with van der Waals surface area (Å²) in [5, 5.41) is 0.255. The second kappa shape index (κ2) is 8.41. The van der Waals surface area contributed by atoms with E-state index >= 15 is 0 Å². The maximum absolute atomic E-state index is 12.5. The molecular weight excluding hydrogens is 344 g/mol. The summed E-state index contributed by atoms with van der Waals surface area (Å²) in [6.07, 6.45) is 0.923. The normalized spacial score (nSPS) is 11.9. The second-order valence-corrected chi connectivity index (χ2v) is 7.45. The van der Waals surface area contributed by atoms with E-state index in [1.165, 1.54) is 16.7 Å². The van der Waals surface area contributed by atoms with Crippen LogP contribution in [0.5, 0.6) is 0 Å². The number of thiol groups is 1. The molecule has 126 valence electrons. The highest BCUT2D eigenvalue weighted by molar-refractivity contribution is 8.68. The van der Waals surface area contributed by atoms with Crippen LogP contribution in [0.15, 0.2) is 78.9 Å². The average Bonchev–Trinajstić information content (AvgIpc) is 2.68. The maximum atomic E-state index is 12.5. The Labute approximate surface area is 158 Å². The topological polar surface area (TPSA) is 17.1 Å². The van der Waals surface area contributed by atoms with Gasteiger partial charge in [-0.25, -0.2) is 0 Å². The van der Waals surface area contributed by atoms with Crippen LogP contribution in [0.2, 0.25) is 0 Å². The monoisotopic (exact) mass is 364 g/mol. The van der Waals surface area contributed by atoms with E-state index in [1.807, 2.05) is 54.6 Å². The molecule has 0 aliphatic rings. The van der Waals surface area contributed by atoms with E-state index in [0.29, 0.717) is 5.56 Å². The van der Waals surface area contributed by atoms with Crippen molar-refractivity contribution in [3.63, 3.8) is 0 Å². The minimum absolute atomic E-state index is 0.0566. The number of carbonyl (C=O) groups excluding carboxylic acids is 1. The van der Waals surface area contributed by atoms with Crippen molar-refractivity contribution in [2.75, 3.05) is 0 Å². The highest BCUT2D eigenvalue weighted by Gasteiger charge is 2.14. The van der Waals surface area contributed by atoms with Crippen LogP contribution in [0.25, 0.3) is 0 Å². The summed E-state index contributed by atoms with van der Waals surface area (Å²) in [4.78, 5) is 12.5. The van der Waals surface area contributed by atoms with Crippen LogP contribution in [-0.2, 0) is 6.42 Å². The standard InChI is InChI=1S/C22H20OS2/c1-16-7-5-6-10-20(16)15-21(25-24)17-11-13-19(14-12-17)22(23)18-8-3-2-4-9-18/h2-14,21,24H,15H2,1H3. The van der Waals surface area contributed by atoms with Crippen LogP contribution in [0, 0.1) is 6.92 Å². The number of carbonyl (C=O) groups is 1. The summed E-state index contributed by atoms with van der Waals surface area (Å²) >= 11 is 4.46. The number of rotatable bonds is 6. The molecule has 0 radical (unpaired) electrons. The molecule has 1 nitrogen and oxygen atoms in total. The summed E-state index contributed by atoms with van der Waals surface area (Å²) in [6.45, 7) is 2.14. The number of benzene rings is 3. The average molecular weight is 365 g/mol. The zero-order chi connectivity index (χ0) is 17.6. The number of ketones is 1. The largest absolute Gasteiger partial charge is 0.289 e. The first-order valence-electron chi connectivity index (χ1n) is 8.23. The zero-order valence-corrected chi connectivity index (χ0v) is 15.8. The Morgan fingerprint density at radius 1 is 0.880 bits per heavy atom. The minimum Gasteiger partial charge on any atom is -0.289 e. The smallest absolute Gasteiger partial charge is 0.193 e. The molecule has 0 heterocycles. The summed E-state index contributed by atoms with van der Waals surface area (Å²) in [5.74, 6) is 0.0566. The Hall–Kier alpha value is -1.97. The van der Waals surface area contributed by atoms with Gasteiger partial charge in [0.1, 0.15) is 0 Å². The molecule has 0 aromatic heterocycles. The molecule has 0 saturated carbocycles. The van der Waals surface area contributed by atoms with Gasteiger partial charge in [-0.2, -0.15) is 0 Å². The molecule has 1 unspecified atom stereocenters. The third kappa shape index (κ3) is 4.36. The zero-order valence-electron chi connectivity index (χ0n) is 14.1. The van der Waals surface area contributed by atoms with Gasteiger partial charge < -0.3 is 0 Å². The first-order chi connectivity index (χ1) is 12.2. The molecule has 1 atom stereocenters. The Kier molecular flexibility index (Phi) is 6.00. The molecule has 3 heteroatoms. The van der Waals surface area contributed by atoms with Gasteiger partial charge in [-0.1, -0.05) is 89.7 Å². The minimum atomic E-state index is 0.0566. The van der Waals surface area contributed by atoms with Gasteiger partial charge in [0, 0.05) is 16.4 Å². The van der Waals surface area contributed by atoms with Crippen LogP contribution in [0.4, 0.5) is 0 Å². The fourth-order valence-corrected chi connectivity index (χ4v) is 3.98. The van der Waals surface area contributed by atoms with Gasteiger partial charge in [-0.05, 0) is 30.0 Å².